The quantitative estimate of drug-likeness (QED) is 0.878. The van der Waals surface area contributed by atoms with Crippen LogP contribution in [0.1, 0.15) is 38.3 Å². The Bertz CT molecular complexity index is 349. The summed E-state index contributed by atoms with van der Waals surface area (Å²) in [6, 6.07) is 11.9. The molecule has 3 unspecified atom stereocenters. The van der Waals surface area contributed by atoms with Gasteiger partial charge in [0.2, 0.25) is 0 Å². The van der Waals surface area contributed by atoms with Crippen molar-refractivity contribution in [2.75, 3.05) is 20.1 Å². The zero-order chi connectivity index (χ0) is 13.0. The molecule has 2 heteroatoms. The van der Waals surface area contributed by atoms with Crippen molar-refractivity contribution in [1.29, 1.82) is 0 Å². The molecule has 0 bridgehead atoms. The Morgan fingerprint density at radius 2 is 2.00 bits per heavy atom. The Morgan fingerprint density at radius 3 is 2.67 bits per heavy atom. The number of hydrogen-bond acceptors (Lipinski definition) is 2. The number of nitrogens with zero attached hydrogens (tertiary/aromatic N) is 1. The summed E-state index contributed by atoms with van der Waals surface area (Å²) in [6.07, 6.45) is 2.73. The Morgan fingerprint density at radius 1 is 1.28 bits per heavy atom. The Hall–Kier alpha value is -0.860. The summed E-state index contributed by atoms with van der Waals surface area (Å²) in [5.41, 5.74) is 1.39. The maximum Gasteiger partial charge on any atom is 0.0446 e. The maximum absolute atomic E-state index is 3.46. The lowest BCUT2D eigenvalue weighted by Crippen LogP contribution is -2.45. The lowest BCUT2D eigenvalue weighted by atomic mass is 9.91. The van der Waals surface area contributed by atoms with Crippen molar-refractivity contribution in [3.8, 4) is 0 Å². The minimum absolute atomic E-state index is 0.443. The lowest BCUT2D eigenvalue weighted by Gasteiger charge is -2.39. The van der Waals surface area contributed by atoms with Gasteiger partial charge in [0.05, 0.1) is 0 Å². The van der Waals surface area contributed by atoms with Crippen LogP contribution in [0, 0.1) is 5.92 Å². The molecule has 18 heavy (non-hydrogen) atoms. The fourth-order valence-electron chi connectivity index (χ4n) is 2.96. The standard InChI is InChI=1S/C16H26N2/c1-13-8-7-11-18(14(13)2)12-16(17-3)15-9-5-4-6-10-15/h4-6,9-10,13-14,16-17H,7-8,11-12H2,1-3H3. The molecule has 0 spiro atoms. The number of likely N-dealkylation sites (tertiary alicyclic amines) is 1. The predicted molar refractivity (Wildman–Crippen MR) is 77.7 cm³/mol. The summed E-state index contributed by atoms with van der Waals surface area (Å²) < 4.78 is 0. The molecule has 1 heterocycles. The zero-order valence-corrected chi connectivity index (χ0v) is 11.9. The molecule has 2 nitrogen and oxygen atoms in total. The van der Waals surface area contributed by atoms with E-state index >= 15 is 0 Å². The van der Waals surface area contributed by atoms with Crippen LogP contribution in [-0.4, -0.2) is 31.1 Å². The average Bonchev–Trinajstić information content (AvgIpc) is 2.41. The summed E-state index contributed by atoms with van der Waals surface area (Å²) >= 11 is 0. The number of piperidine rings is 1. The van der Waals surface area contributed by atoms with Gasteiger partial charge >= 0.3 is 0 Å². The molecule has 1 saturated heterocycles. The fourth-order valence-corrected chi connectivity index (χ4v) is 2.96. The van der Waals surface area contributed by atoms with Crippen molar-refractivity contribution in [2.45, 2.75) is 38.8 Å². The van der Waals surface area contributed by atoms with Gasteiger partial charge in [0.15, 0.2) is 0 Å². The van der Waals surface area contributed by atoms with E-state index in [1.807, 2.05) is 0 Å². The molecule has 1 aromatic carbocycles. The fraction of sp³-hybridized carbons (Fsp3) is 0.625. The van der Waals surface area contributed by atoms with Crippen molar-refractivity contribution < 1.29 is 0 Å². The first-order valence-electron chi connectivity index (χ1n) is 7.18. The smallest absolute Gasteiger partial charge is 0.0446 e. The number of hydrogen-bond donors (Lipinski definition) is 1. The van der Waals surface area contributed by atoms with Crippen molar-refractivity contribution >= 4 is 0 Å². The summed E-state index contributed by atoms with van der Waals surface area (Å²) in [6.45, 7) is 7.12. The Labute approximate surface area is 111 Å². The maximum atomic E-state index is 3.46. The first-order valence-corrected chi connectivity index (χ1v) is 7.18. The van der Waals surface area contributed by atoms with Gasteiger partial charge < -0.3 is 5.32 Å². The van der Waals surface area contributed by atoms with E-state index in [-0.39, 0.29) is 0 Å². The van der Waals surface area contributed by atoms with Gasteiger partial charge in [-0.1, -0.05) is 37.3 Å². The molecule has 0 aromatic heterocycles. The van der Waals surface area contributed by atoms with Crippen LogP contribution >= 0.6 is 0 Å². The van der Waals surface area contributed by atoms with E-state index < -0.39 is 0 Å². The number of benzene rings is 1. The molecular formula is C16H26N2. The summed E-state index contributed by atoms with van der Waals surface area (Å²) in [5.74, 6) is 0.826. The van der Waals surface area contributed by atoms with Crippen molar-refractivity contribution in [3.63, 3.8) is 0 Å². The van der Waals surface area contributed by atoms with Gasteiger partial charge in [-0.2, -0.15) is 0 Å². The van der Waals surface area contributed by atoms with Gasteiger partial charge in [-0.25, -0.2) is 0 Å². The Balaban J connectivity index is 2.02. The second-order valence-corrected chi connectivity index (χ2v) is 5.61. The van der Waals surface area contributed by atoms with Crippen molar-refractivity contribution in [3.05, 3.63) is 35.9 Å². The molecule has 100 valence electrons. The summed E-state index contributed by atoms with van der Waals surface area (Å²) in [5, 5.41) is 3.46. The van der Waals surface area contributed by atoms with Crippen LogP contribution < -0.4 is 5.32 Å². The summed E-state index contributed by atoms with van der Waals surface area (Å²) in [4.78, 5) is 2.64. The van der Waals surface area contributed by atoms with Crippen LogP contribution in [0.2, 0.25) is 0 Å². The highest BCUT2D eigenvalue weighted by Gasteiger charge is 2.26. The van der Waals surface area contributed by atoms with Crippen LogP contribution in [0.15, 0.2) is 30.3 Å². The lowest BCUT2D eigenvalue weighted by molar-refractivity contribution is 0.103. The molecule has 2 rings (SSSR count). The van der Waals surface area contributed by atoms with Crippen LogP contribution in [-0.2, 0) is 0 Å². The second kappa shape index (κ2) is 6.35. The van der Waals surface area contributed by atoms with E-state index in [1.54, 1.807) is 0 Å². The van der Waals surface area contributed by atoms with E-state index in [0.717, 1.165) is 12.5 Å². The van der Waals surface area contributed by atoms with Crippen molar-refractivity contribution in [1.82, 2.24) is 10.2 Å². The highest BCUT2D eigenvalue weighted by molar-refractivity contribution is 5.19. The van der Waals surface area contributed by atoms with Gasteiger partial charge in [-0.05, 0) is 44.8 Å². The molecule has 1 aliphatic rings. The second-order valence-electron chi connectivity index (χ2n) is 5.61. The molecule has 1 aliphatic heterocycles. The van der Waals surface area contributed by atoms with E-state index in [9.17, 15) is 0 Å². The largest absolute Gasteiger partial charge is 0.312 e. The highest BCUT2D eigenvalue weighted by atomic mass is 15.2. The SMILES string of the molecule is CNC(CN1CCCC(C)C1C)c1ccccc1. The van der Waals surface area contributed by atoms with Crippen LogP contribution in [0.4, 0.5) is 0 Å². The minimum Gasteiger partial charge on any atom is -0.312 e. The molecule has 1 aromatic rings. The highest BCUT2D eigenvalue weighted by Crippen LogP contribution is 2.25. The van der Waals surface area contributed by atoms with Gasteiger partial charge in [-0.3, -0.25) is 4.90 Å². The molecule has 0 aliphatic carbocycles. The third kappa shape index (κ3) is 3.12. The first-order chi connectivity index (χ1) is 8.72. The van der Waals surface area contributed by atoms with Crippen LogP contribution in [0.3, 0.4) is 0 Å². The number of rotatable bonds is 4. The van der Waals surface area contributed by atoms with Gasteiger partial charge in [0.25, 0.3) is 0 Å². The molecule has 0 radical (unpaired) electrons. The third-order valence-electron chi connectivity index (χ3n) is 4.47. The average molecular weight is 246 g/mol. The van der Waals surface area contributed by atoms with Crippen molar-refractivity contribution in [2.24, 2.45) is 5.92 Å². The first kappa shape index (κ1) is 13.6. The topological polar surface area (TPSA) is 15.3 Å². The van der Waals surface area contributed by atoms with E-state index in [4.69, 9.17) is 0 Å². The minimum atomic E-state index is 0.443. The molecule has 0 amide bonds. The Kier molecular flexibility index (Phi) is 4.79. The molecular weight excluding hydrogens is 220 g/mol. The molecule has 1 N–H and O–H groups in total. The van der Waals surface area contributed by atoms with E-state index in [2.05, 4.69) is 61.4 Å². The van der Waals surface area contributed by atoms with Gasteiger partial charge in [-0.15, -0.1) is 0 Å². The van der Waals surface area contributed by atoms with E-state index in [1.165, 1.54) is 24.9 Å². The van der Waals surface area contributed by atoms with Crippen LogP contribution in [0.25, 0.3) is 0 Å². The zero-order valence-electron chi connectivity index (χ0n) is 11.9. The predicted octanol–water partition coefficient (Wildman–Crippen LogP) is 3.07. The number of nitrogens with one attached hydrogen (secondary N) is 1. The molecule has 1 fully saturated rings. The van der Waals surface area contributed by atoms with Gasteiger partial charge in [0, 0.05) is 18.6 Å². The molecule has 3 atom stereocenters. The normalized spacial score (nSPS) is 27.1. The van der Waals surface area contributed by atoms with E-state index in [0.29, 0.717) is 12.1 Å². The number of likely N-dealkylation sites (N-methyl/N-ethyl adjacent to an activating group) is 1. The monoisotopic (exact) mass is 246 g/mol. The third-order valence-corrected chi connectivity index (χ3v) is 4.47. The summed E-state index contributed by atoms with van der Waals surface area (Å²) in [7, 11) is 2.07. The van der Waals surface area contributed by atoms with Gasteiger partial charge in [0.1, 0.15) is 0 Å². The van der Waals surface area contributed by atoms with Crippen LogP contribution in [0.5, 0.6) is 0 Å². The molecule has 0 saturated carbocycles.